The van der Waals surface area contributed by atoms with Crippen LogP contribution in [0.3, 0.4) is 0 Å². The Morgan fingerprint density at radius 3 is 2.00 bits per heavy atom. The summed E-state index contributed by atoms with van der Waals surface area (Å²) in [6, 6.07) is 29.9. The highest BCUT2D eigenvalue weighted by atomic mass is 16.2. The Morgan fingerprint density at radius 2 is 1.33 bits per heavy atom. The summed E-state index contributed by atoms with van der Waals surface area (Å²) in [7, 11) is 0. The third-order valence-electron chi connectivity index (χ3n) is 7.31. The summed E-state index contributed by atoms with van der Waals surface area (Å²) in [5.41, 5.74) is 4.86. The number of hydrogen-bond acceptors (Lipinski definition) is 2. The van der Waals surface area contributed by atoms with Crippen LogP contribution >= 0.6 is 0 Å². The molecule has 2 heterocycles. The second kappa shape index (κ2) is 10.4. The average Bonchev–Trinajstić information content (AvgIpc) is 3.17. The van der Waals surface area contributed by atoms with E-state index in [9.17, 15) is 4.79 Å². The Kier molecular flexibility index (Phi) is 6.87. The lowest BCUT2D eigenvalue weighted by Gasteiger charge is -2.38. The smallest absolute Gasteiger partial charge is 0.255 e. The summed E-state index contributed by atoms with van der Waals surface area (Å²) < 4.78 is 0. The fourth-order valence-electron chi connectivity index (χ4n) is 5.66. The first-order valence-electron chi connectivity index (χ1n) is 12.6. The van der Waals surface area contributed by atoms with Crippen LogP contribution in [0.2, 0.25) is 0 Å². The molecule has 3 nitrogen and oxygen atoms in total. The molecule has 0 radical (unpaired) electrons. The Bertz CT molecular complexity index is 1000. The molecule has 1 saturated heterocycles. The zero-order chi connectivity index (χ0) is 22.5. The van der Waals surface area contributed by atoms with E-state index in [0.29, 0.717) is 5.92 Å². The lowest BCUT2D eigenvalue weighted by Crippen LogP contribution is -2.42. The molecule has 0 aromatic heterocycles. The minimum atomic E-state index is 0.119. The fourth-order valence-corrected chi connectivity index (χ4v) is 5.66. The van der Waals surface area contributed by atoms with Crippen LogP contribution in [0.4, 0.5) is 0 Å². The predicted molar refractivity (Wildman–Crippen MR) is 134 cm³/mol. The first-order chi connectivity index (χ1) is 16.3. The van der Waals surface area contributed by atoms with Crippen LogP contribution in [0, 0.1) is 0 Å². The average molecular weight is 439 g/mol. The molecule has 1 unspecified atom stereocenters. The molecule has 0 bridgehead atoms. The van der Waals surface area contributed by atoms with Crippen molar-refractivity contribution in [2.24, 2.45) is 0 Å². The summed E-state index contributed by atoms with van der Waals surface area (Å²) >= 11 is 0. The molecule has 3 heteroatoms. The highest BCUT2D eigenvalue weighted by Crippen LogP contribution is 2.38. The van der Waals surface area contributed by atoms with Gasteiger partial charge < -0.3 is 4.90 Å². The molecule has 3 aromatic carbocycles. The van der Waals surface area contributed by atoms with E-state index in [-0.39, 0.29) is 12.1 Å². The van der Waals surface area contributed by atoms with Crippen molar-refractivity contribution < 1.29 is 4.79 Å². The molecule has 5 rings (SSSR count). The van der Waals surface area contributed by atoms with E-state index in [1.165, 1.54) is 36.0 Å². The van der Waals surface area contributed by atoms with E-state index in [2.05, 4.69) is 82.6 Å². The van der Waals surface area contributed by atoms with Crippen molar-refractivity contribution in [1.82, 2.24) is 9.80 Å². The number of carbonyl (C=O) groups excluding carboxylic acids is 1. The maximum absolute atomic E-state index is 13.3. The largest absolute Gasteiger partial charge is 0.319 e. The molecule has 1 amide bonds. The van der Waals surface area contributed by atoms with Crippen LogP contribution in [0.5, 0.6) is 0 Å². The van der Waals surface area contributed by atoms with Gasteiger partial charge >= 0.3 is 0 Å². The van der Waals surface area contributed by atoms with Crippen molar-refractivity contribution in [1.29, 1.82) is 0 Å². The highest BCUT2D eigenvalue weighted by Gasteiger charge is 2.39. The molecule has 0 N–H and O–H groups in total. The summed E-state index contributed by atoms with van der Waals surface area (Å²) in [4.78, 5) is 18.0. The highest BCUT2D eigenvalue weighted by molar-refractivity contribution is 5.99. The molecule has 0 saturated carbocycles. The number of piperidine rings is 1. The minimum absolute atomic E-state index is 0.119. The molecular weight excluding hydrogens is 404 g/mol. The van der Waals surface area contributed by atoms with E-state index >= 15 is 0 Å². The van der Waals surface area contributed by atoms with Gasteiger partial charge in [0, 0.05) is 36.7 Å². The summed E-state index contributed by atoms with van der Waals surface area (Å²) in [5.74, 6) is 0.612. The van der Waals surface area contributed by atoms with Gasteiger partial charge in [-0.3, -0.25) is 9.69 Å². The number of nitrogens with zero attached hydrogens (tertiary/aromatic N) is 2. The van der Waals surface area contributed by atoms with Crippen LogP contribution < -0.4 is 0 Å². The topological polar surface area (TPSA) is 23.6 Å². The first kappa shape index (κ1) is 21.9. The summed E-state index contributed by atoms with van der Waals surface area (Å²) in [6.07, 6.45) is 7.11. The quantitative estimate of drug-likeness (QED) is 0.369. The van der Waals surface area contributed by atoms with Gasteiger partial charge in [0.05, 0.1) is 0 Å². The molecule has 2 aliphatic rings. The Labute approximate surface area is 198 Å². The van der Waals surface area contributed by atoms with E-state index in [4.69, 9.17) is 0 Å². The minimum Gasteiger partial charge on any atom is -0.319 e. The van der Waals surface area contributed by atoms with Gasteiger partial charge in [0.25, 0.3) is 5.91 Å². The molecule has 0 spiro atoms. The third kappa shape index (κ3) is 4.74. The van der Waals surface area contributed by atoms with Gasteiger partial charge in [0.2, 0.25) is 0 Å². The monoisotopic (exact) mass is 438 g/mol. The zero-order valence-electron chi connectivity index (χ0n) is 19.4. The van der Waals surface area contributed by atoms with Crippen molar-refractivity contribution in [2.75, 3.05) is 19.6 Å². The Balaban J connectivity index is 1.27. The fraction of sp³-hybridized carbons (Fsp3) is 0.367. The molecule has 1 atom stereocenters. The van der Waals surface area contributed by atoms with Crippen molar-refractivity contribution in [3.05, 3.63) is 107 Å². The van der Waals surface area contributed by atoms with Gasteiger partial charge in [-0.05, 0) is 42.9 Å². The van der Waals surface area contributed by atoms with Crippen LogP contribution in [0.25, 0.3) is 0 Å². The van der Waals surface area contributed by atoms with E-state index in [1.54, 1.807) is 0 Å². The molecule has 3 aromatic rings. The van der Waals surface area contributed by atoms with Crippen molar-refractivity contribution in [2.45, 2.75) is 50.6 Å². The summed E-state index contributed by atoms with van der Waals surface area (Å²) in [6.45, 7) is 3.00. The predicted octanol–water partition coefficient (Wildman–Crippen LogP) is 6.63. The number of hydrogen-bond donors (Lipinski definition) is 0. The molecule has 2 aliphatic heterocycles. The van der Waals surface area contributed by atoms with Crippen molar-refractivity contribution in [3.63, 3.8) is 0 Å². The van der Waals surface area contributed by atoms with E-state index in [0.717, 1.165) is 44.5 Å². The van der Waals surface area contributed by atoms with Crippen LogP contribution in [-0.4, -0.2) is 35.3 Å². The second-order valence-electron chi connectivity index (χ2n) is 9.43. The first-order valence-corrected chi connectivity index (χ1v) is 12.6. The lowest BCUT2D eigenvalue weighted by molar-refractivity contribution is 0.0315. The Morgan fingerprint density at radius 1 is 0.727 bits per heavy atom. The van der Waals surface area contributed by atoms with Gasteiger partial charge in [-0.25, -0.2) is 0 Å². The number of likely N-dealkylation sites (tertiary alicyclic amines) is 1. The molecule has 0 aliphatic carbocycles. The number of benzene rings is 3. The van der Waals surface area contributed by atoms with Gasteiger partial charge in [-0.1, -0.05) is 91.7 Å². The molecule has 170 valence electrons. The van der Waals surface area contributed by atoms with E-state index in [1.807, 2.05) is 12.1 Å². The summed E-state index contributed by atoms with van der Waals surface area (Å²) in [5, 5.41) is 0. The molecule has 33 heavy (non-hydrogen) atoms. The number of carbonyl (C=O) groups is 1. The Hall–Kier alpha value is -2.91. The van der Waals surface area contributed by atoms with Gasteiger partial charge in [0.1, 0.15) is 6.17 Å². The lowest BCUT2D eigenvalue weighted by atomic mass is 9.87. The van der Waals surface area contributed by atoms with E-state index < -0.39 is 0 Å². The number of fused-ring (bicyclic) bond motifs is 1. The maximum Gasteiger partial charge on any atom is 0.255 e. The normalized spacial score (nSPS) is 18.6. The number of unbranched alkanes of at least 4 members (excludes halogenated alkanes) is 1. The number of amides is 1. The standard InChI is InChI=1S/C30H34N2O/c33-30-28-20-9-8-19-27(28)29(31-21-11-3-12-22-31)32(30)23-13-10-18-26(24-14-4-1-5-15-24)25-16-6-2-7-17-25/h1-2,4-9,14-17,19-20,26,29H,3,10-13,18,21-23H2. The SMILES string of the molecule is O=C1c2ccccc2C(N2CCCCC2)N1CCCCC(c1ccccc1)c1ccccc1. The zero-order valence-corrected chi connectivity index (χ0v) is 19.4. The third-order valence-corrected chi connectivity index (χ3v) is 7.31. The maximum atomic E-state index is 13.3. The van der Waals surface area contributed by atoms with Gasteiger partial charge in [-0.15, -0.1) is 0 Å². The van der Waals surface area contributed by atoms with Crippen LogP contribution in [0.15, 0.2) is 84.9 Å². The molecular formula is C30H34N2O. The van der Waals surface area contributed by atoms with Gasteiger partial charge in [0.15, 0.2) is 0 Å². The van der Waals surface area contributed by atoms with Crippen LogP contribution in [0.1, 0.15) is 77.7 Å². The van der Waals surface area contributed by atoms with Crippen molar-refractivity contribution in [3.8, 4) is 0 Å². The number of rotatable bonds is 8. The van der Waals surface area contributed by atoms with Crippen LogP contribution in [-0.2, 0) is 0 Å². The molecule has 1 fully saturated rings. The second-order valence-corrected chi connectivity index (χ2v) is 9.43. The van der Waals surface area contributed by atoms with Crippen molar-refractivity contribution >= 4 is 5.91 Å². The van der Waals surface area contributed by atoms with Gasteiger partial charge in [-0.2, -0.15) is 0 Å².